The number of halogens is 1. The topological polar surface area (TPSA) is 76.1 Å². The minimum atomic E-state index is -0.291. The van der Waals surface area contributed by atoms with E-state index < -0.39 is 0 Å². The summed E-state index contributed by atoms with van der Waals surface area (Å²) in [5.41, 5.74) is 2.73. The van der Waals surface area contributed by atoms with Crippen LogP contribution in [0.15, 0.2) is 54.9 Å². The Morgan fingerprint density at radius 1 is 1.08 bits per heavy atom. The van der Waals surface area contributed by atoms with Crippen molar-refractivity contribution in [2.75, 3.05) is 17.7 Å². The summed E-state index contributed by atoms with van der Waals surface area (Å²) in [5, 5.41) is 6.53. The van der Waals surface area contributed by atoms with E-state index in [1.54, 1.807) is 31.4 Å². The lowest BCUT2D eigenvalue weighted by Crippen LogP contribution is -2.13. The molecule has 0 fully saturated rings. The van der Waals surface area contributed by atoms with Gasteiger partial charge in [-0.2, -0.15) is 0 Å². The van der Waals surface area contributed by atoms with Gasteiger partial charge in [-0.25, -0.2) is 9.97 Å². The van der Waals surface area contributed by atoms with E-state index in [1.807, 2.05) is 25.1 Å². The minimum absolute atomic E-state index is 0.291. The molecule has 7 heteroatoms. The first-order valence-corrected chi connectivity index (χ1v) is 8.24. The summed E-state index contributed by atoms with van der Waals surface area (Å²) in [6.45, 7) is 1.90. The molecule has 0 spiro atoms. The van der Waals surface area contributed by atoms with Crippen molar-refractivity contribution in [3.63, 3.8) is 0 Å². The Bertz CT molecular complexity index is 912. The second-order valence-electron chi connectivity index (χ2n) is 5.52. The van der Waals surface area contributed by atoms with E-state index in [4.69, 9.17) is 16.3 Å². The van der Waals surface area contributed by atoms with Crippen LogP contribution in [0.1, 0.15) is 15.9 Å². The van der Waals surface area contributed by atoms with Crippen molar-refractivity contribution in [1.29, 1.82) is 0 Å². The highest BCUT2D eigenvalue weighted by atomic mass is 35.5. The molecule has 0 radical (unpaired) electrons. The van der Waals surface area contributed by atoms with Gasteiger partial charge < -0.3 is 15.4 Å². The van der Waals surface area contributed by atoms with Crippen molar-refractivity contribution in [1.82, 2.24) is 9.97 Å². The number of hydrogen-bond acceptors (Lipinski definition) is 5. The fourth-order valence-corrected chi connectivity index (χ4v) is 2.43. The Balaban J connectivity index is 1.68. The monoisotopic (exact) mass is 368 g/mol. The van der Waals surface area contributed by atoms with Crippen LogP contribution >= 0.6 is 11.6 Å². The number of benzene rings is 2. The molecule has 0 saturated heterocycles. The molecule has 26 heavy (non-hydrogen) atoms. The Kier molecular flexibility index (Phi) is 5.34. The lowest BCUT2D eigenvalue weighted by atomic mass is 10.2. The zero-order valence-corrected chi connectivity index (χ0v) is 15.0. The maximum absolute atomic E-state index is 12.3. The van der Waals surface area contributed by atoms with Gasteiger partial charge in [-0.1, -0.05) is 17.7 Å². The number of amides is 1. The van der Waals surface area contributed by atoms with Crippen molar-refractivity contribution in [2.45, 2.75) is 6.92 Å². The van der Waals surface area contributed by atoms with Crippen LogP contribution < -0.4 is 15.4 Å². The molecule has 3 rings (SSSR count). The summed E-state index contributed by atoms with van der Waals surface area (Å²) in [7, 11) is 1.59. The molecule has 0 atom stereocenters. The molecule has 3 aromatic rings. The highest BCUT2D eigenvalue weighted by Gasteiger charge is 2.09. The maximum Gasteiger partial charge on any atom is 0.258 e. The fourth-order valence-electron chi connectivity index (χ4n) is 2.25. The lowest BCUT2D eigenvalue weighted by Gasteiger charge is -2.10. The molecule has 0 bridgehead atoms. The molecular formula is C19H17ClN4O2. The number of aromatic nitrogens is 2. The Labute approximate surface area is 156 Å². The number of carbonyl (C=O) groups is 1. The van der Waals surface area contributed by atoms with Gasteiger partial charge in [0.25, 0.3) is 5.91 Å². The number of methoxy groups -OCH3 is 1. The SMILES string of the molecule is COc1ccc(NC(=O)c2cnc(Nc3cccc(Cl)c3C)nc2)cc1. The van der Waals surface area contributed by atoms with Crippen LogP contribution in [0.2, 0.25) is 5.02 Å². The number of nitrogens with one attached hydrogen (secondary N) is 2. The average molecular weight is 369 g/mol. The van der Waals surface area contributed by atoms with Gasteiger partial charge in [-0.05, 0) is 48.9 Å². The lowest BCUT2D eigenvalue weighted by molar-refractivity contribution is 0.102. The van der Waals surface area contributed by atoms with Crippen LogP contribution in [-0.4, -0.2) is 23.0 Å². The molecule has 132 valence electrons. The molecule has 0 aliphatic carbocycles. The van der Waals surface area contributed by atoms with Gasteiger partial charge in [0.2, 0.25) is 5.95 Å². The number of ether oxygens (including phenoxy) is 1. The maximum atomic E-state index is 12.3. The standard InChI is InChI=1S/C19H17ClN4O2/c1-12-16(20)4-3-5-17(12)24-19-21-10-13(11-22-19)18(25)23-14-6-8-15(26-2)9-7-14/h3-11H,1-2H3,(H,23,25)(H,21,22,24). The molecule has 1 amide bonds. The van der Waals surface area contributed by atoms with Crippen molar-refractivity contribution < 1.29 is 9.53 Å². The Morgan fingerprint density at radius 2 is 1.77 bits per heavy atom. The number of anilines is 3. The molecular weight excluding hydrogens is 352 g/mol. The largest absolute Gasteiger partial charge is 0.497 e. The summed E-state index contributed by atoms with van der Waals surface area (Å²) >= 11 is 6.10. The Hall–Kier alpha value is -3.12. The normalized spacial score (nSPS) is 10.3. The molecule has 2 aromatic carbocycles. The van der Waals surface area contributed by atoms with Gasteiger partial charge in [0.15, 0.2) is 0 Å². The minimum Gasteiger partial charge on any atom is -0.497 e. The highest BCUT2D eigenvalue weighted by Crippen LogP contribution is 2.24. The average Bonchev–Trinajstić information content (AvgIpc) is 2.66. The van der Waals surface area contributed by atoms with Crippen molar-refractivity contribution in [2.24, 2.45) is 0 Å². The summed E-state index contributed by atoms with van der Waals surface area (Å²) in [6.07, 6.45) is 2.93. The smallest absolute Gasteiger partial charge is 0.258 e. The van der Waals surface area contributed by atoms with Crippen molar-refractivity contribution in [3.05, 3.63) is 71.0 Å². The van der Waals surface area contributed by atoms with E-state index in [9.17, 15) is 4.79 Å². The first kappa shape index (κ1) is 17.7. The molecule has 6 nitrogen and oxygen atoms in total. The third-order valence-corrected chi connectivity index (χ3v) is 4.19. The molecule has 0 unspecified atom stereocenters. The van der Waals surface area contributed by atoms with Crippen LogP contribution in [0.4, 0.5) is 17.3 Å². The molecule has 2 N–H and O–H groups in total. The van der Waals surface area contributed by atoms with Gasteiger partial charge in [0.05, 0.1) is 12.7 Å². The van der Waals surface area contributed by atoms with Crippen LogP contribution in [0.25, 0.3) is 0 Å². The van der Waals surface area contributed by atoms with E-state index in [0.717, 1.165) is 17.0 Å². The molecule has 1 heterocycles. The quantitative estimate of drug-likeness (QED) is 0.696. The van der Waals surface area contributed by atoms with E-state index in [-0.39, 0.29) is 5.91 Å². The highest BCUT2D eigenvalue weighted by molar-refractivity contribution is 6.31. The van der Waals surface area contributed by atoms with Crippen molar-refractivity contribution in [3.8, 4) is 5.75 Å². The third-order valence-electron chi connectivity index (χ3n) is 3.78. The summed E-state index contributed by atoms with van der Waals surface area (Å²) in [5.74, 6) is 0.815. The van der Waals surface area contributed by atoms with Gasteiger partial charge in [0, 0.05) is 28.8 Å². The van der Waals surface area contributed by atoms with Crippen LogP contribution in [0.5, 0.6) is 5.75 Å². The zero-order chi connectivity index (χ0) is 18.5. The van der Waals surface area contributed by atoms with Gasteiger partial charge in [-0.3, -0.25) is 4.79 Å². The molecule has 0 aliphatic rings. The fraction of sp³-hybridized carbons (Fsp3) is 0.105. The first-order chi connectivity index (χ1) is 12.6. The predicted molar refractivity (Wildman–Crippen MR) is 102 cm³/mol. The second-order valence-corrected chi connectivity index (χ2v) is 5.92. The summed E-state index contributed by atoms with van der Waals surface area (Å²) < 4.78 is 5.09. The van der Waals surface area contributed by atoms with Gasteiger partial charge in [0.1, 0.15) is 5.75 Å². The van der Waals surface area contributed by atoms with E-state index in [2.05, 4.69) is 20.6 Å². The molecule has 0 aliphatic heterocycles. The first-order valence-electron chi connectivity index (χ1n) is 7.86. The number of nitrogens with zero attached hydrogens (tertiary/aromatic N) is 2. The van der Waals surface area contributed by atoms with E-state index >= 15 is 0 Å². The molecule has 0 saturated carbocycles. The second kappa shape index (κ2) is 7.84. The molecule has 1 aromatic heterocycles. The Morgan fingerprint density at radius 3 is 2.42 bits per heavy atom. The van der Waals surface area contributed by atoms with E-state index in [1.165, 1.54) is 12.4 Å². The number of hydrogen-bond donors (Lipinski definition) is 2. The zero-order valence-electron chi connectivity index (χ0n) is 14.3. The van der Waals surface area contributed by atoms with Gasteiger partial charge >= 0.3 is 0 Å². The van der Waals surface area contributed by atoms with Crippen LogP contribution in [0.3, 0.4) is 0 Å². The summed E-state index contributed by atoms with van der Waals surface area (Å²) in [6, 6.07) is 12.6. The summed E-state index contributed by atoms with van der Waals surface area (Å²) in [4.78, 5) is 20.7. The van der Waals surface area contributed by atoms with Crippen LogP contribution in [0, 0.1) is 6.92 Å². The van der Waals surface area contributed by atoms with E-state index in [0.29, 0.717) is 22.2 Å². The number of rotatable bonds is 5. The predicted octanol–water partition coefficient (Wildman–Crippen LogP) is 4.44. The number of carbonyl (C=O) groups excluding carboxylic acids is 1. The van der Waals surface area contributed by atoms with Crippen LogP contribution in [-0.2, 0) is 0 Å². The third kappa shape index (κ3) is 4.10. The van der Waals surface area contributed by atoms with Gasteiger partial charge in [-0.15, -0.1) is 0 Å². The van der Waals surface area contributed by atoms with Crippen molar-refractivity contribution >= 4 is 34.8 Å².